The molecule has 3 aromatic rings. The maximum absolute atomic E-state index is 12.6. The van der Waals surface area contributed by atoms with Crippen molar-refractivity contribution in [3.63, 3.8) is 0 Å². The van der Waals surface area contributed by atoms with Gasteiger partial charge in [-0.05, 0) is 55.5 Å². The molecule has 1 heterocycles. The fourth-order valence-corrected chi connectivity index (χ4v) is 5.13. The second-order valence-electron chi connectivity index (χ2n) is 5.88. The van der Waals surface area contributed by atoms with Crippen LogP contribution in [0.3, 0.4) is 0 Å². The Morgan fingerprint density at radius 3 is 1.77 bits per heavy atom. The summed E-state index contributed by atoms with van der Waals surface area (Å²) in [6.07, 6.45) is -4.58. The first-order chi connectivity index (χ1) is 13.9. The number of anilines is 2. The first-order valence-corrected chi connectivity index (χ1v) is 11.8. The Kier molecular flexibility index (Phi) is 5.75. The van der Waals surface area contributed by atoms with Crippen LogP contribution in [0.2, 0.25) is 0 Å². The summed E-state index contributed by atoms with van der Waals surface area (Å²) in [4.78, 5) is -0.520. The molecule has 2 N–H and O–H groups in total. The molecule has 0 unspecified atom stereocenters. The van der Waals surface area contributed by atoms with E-state index in [4.69, 9.17) is 0 Å². The number of sulfonamides is 2. The van der Waals surface area contributed by atoms with Crippen LogP contribution in [0, 0.1) is 6.92 Å². The molecule has 8 nitrogen and oxygen atoms in total. The highest BCUT2D eigenvalue weighted by Crippen LogP contribution is 2.30. The van der Waals surface area contributed by atoms with Crippen LogP contribution in [0.1, 0.15) is 10.6 Å². The third-order valence-corrected chi connectivity index (χ3v) is 7.29. The molecule has 2 aromatic carbocycles. The van der Waals surface area contributed by atoms with Crippen molar-refractivity contribution in [2.75, 3.05) is 9.44 Å². The van der Waals surface area contributed by atoms with Gasteiger partial charge in [0.15, 0.2) is 0 Å². The summed E-state index contributed by atoms with van der Waals surface area (Å²) in [7, 11) is -8.13. The Morgan fingerprint density at radius 2 is 1.30 bits per heavy atom. The normalized spacial score (nSPS) is 12.5. The molecule has 1 aromatic heterocycles. The Hall–Kier alpha value is -2.71. The lowest BCUT2D eigenvalue weighted by atomic mass is 10.2. The van der Waals surface area contributed by atoms with Gasteiger partial charge in [-0.25, -0.2) is 16.8 Å². The van der Waals surface area contributed by atoms with Crippen molar-refractivity contribution in [1.82, 2.24) is 10.2 Å². The molecule has 0 fully saturated rings. The van der Waals surface area contributed by atoms with Crippen LogP contribution >= 0.6 is 11.3 Å². The average molecular weight is 478 g/mol. The smallest absolute Gasteiger partial charge is 0.280 e. The number of alkyl halides is 3. The van der Waals surface area contributed by atoms with Crippen LogP contribution in [0.5, 0.6) is 0 Å². The standard InChI is InChI=1S/C16H13F3N4O4S3/c1-10-20-21-15(28-10)23-30(26,27)14-8-4-12(5-9-14)22-29(24,25)13-6-2-11(3-7-13)16(17,18)19/h2-9,22H,1H3,(H,21,23). The summed E-state index contributed by atoms with van der Waals surface area (Å²) in [6, 6.07) is 7.73. The molecular weight excluding hydrogens is 465 g/mol. The minimum atomic E-state index is -4.58. The fourth-order valence-electron chi connectivity index (χ4n) is 2.25. The van der Waals surface area contributed by atoms with Gasteiger partial charge >= 0.3 is 6.18 Å². The molecule has 0 atom stereocenters. The monoisotopic (exact) mass is 478 g/mol. The minimum Gasteiger partial charge on any atom is -0.280 e. The highest BCUT2D eigenvalue weighted by atomic mass is 32.2. The van der Waals surface area contributed by atoms with Crippen molar-refractivity contribution < 1.29 is 30.0 Å². The molecule has 0 bridgehead atoms. The molecule has 0 aliphatic carbocycles. The van der Waals surface area contributed by atoms with E-state index in [0.717, 1.165) is 23.5 Å². The van der Waals surface area contributed by atoms with Crippen molar-refractivity contribution in [3.05, 3.63) is 59.1 Å². The van der Waals surface area contributed by atoms with Crippen LogP contribution in [-0.2, 0) is 26.2 Å². The van der Waals surface area contributed by atoms with Crippen LogP contribution in [0.4, 0.5) is 24.0 Å². The fraction of sp³-hybridized carbons (Fsp3) is 0.125. The van der Waals surface area contributed by atoms with Gasteiger partial charge in [0, 0.05) is 5.69 Å². The van der Waals surface area contributed by atoms with E-state index in [-0.39, 0.29) is 20.6 Å². The second-order valence-corrected chi connectivity index (χ2v) is 10.4. The summed E-state index contributed by atoms with van der Waals surface area (Å²) in [5.41, 5.74) is -0.949. The maximum Gasteiger partial charge on any atom is 0.416 e. The molecule has 0 aliphatic rings. The number of nitrogens with one attached hydrogen (secondary N) is 2. The molecule has 0 saturated heterocycles. The Balaban J connectivity index is 1.76. The Bertz CT molecular complexity index is 1250. The molecule has 30 heavy (non-hydrogen) atoms. The van der Waals surface area contributed by atoms with Gasteiger partial charge in [-0.3, -0.25) is 9.44 Å². The number of aryl methyl sites for hydroxylation is 1. The van der Waals surface area contributed by atoms with Crippen molar-refractivity contribution in [3.8, 4) is 0 Å². The molecule has 0 amide bonds. The summed E-state index contributed by atoms with van der Waals surface area (Å²) in [5, 5.41) is 8.02. The Morgan fingerprint density at radius 1 is 0.800 bits per heavy atom. The van der Waals surface area contributed by atoms with E-state index < -0.39 is 31.8 Å². The predicted octanol–water partition coefficient (Wildman–Crippen LogP) is 3.47. The molecule has 160 valence electrons. The number of nitrogens with zero attached hydrogens (tertiary/aromatic N) is 2. The second kappa shape index (κ2) is 7.85. The lowest BCUT2D eigenvalue weighted by molar-refractivity contribution is -0.137. The van der Waals surface area contributed by atoms with Gasteiger partial charge in [0.05, 0.1) is 15.4 Å². The summed E-state index contributed by atoms with van der Waals surface area (Å²) in [6.45, 7) is 1.66. The van der Waals surface area contributed by atoms with Gasteiger partial charge in [0.1, 0.15) is 5.01 Å². The van der Waals surface area contributed by atoms with E-state index in [1.807, 2.05) is 0 Å². The molecular formula is C16H13F3N4O4S3. The van der Waals surface area contributed by atoms with Crippen molar-refractivity contribution in [1.29, 1.82) is 0 Å². The predicted molar refractivity (Wildman–Crippen MR) is 104 cm³/mol. The molecule has 14 heteroatoms. The van der Waals surface area contributed by atoms with Gasteiger partial charge in [0.2, 0.25) is 5.13 Å². The average Bonchev–Trinajstić information content (AvgIpc) is 3.05. The van der Waals surface area contributed by atoms with Gasteiger partial charge < -0.3 is 0 Å². The topological polar surface area (TPSA) is 118 Å². The Labute approximate surface area is 173 Å². The van der Waals surface area contributed by atoms with Crippen LogP contribution in [0.25, 0.3) is 0 Å². The van der Waals surface area contributed by atoms with Gasteiger partial charge in [-0.15, -0.1) is 10.2 Å². The molecule has 0 radical (unpaired) electrons. The van der Waals surface area contributed by atoms with E-state index >= 15 is 0 Å². The zero-order chi connectivity index (χ0) is 22.2. The molecule has 0 saturated carbocycles. The number of hydrogen-bond acceptors (Lipinski definition) is 7. The third-order valence-electron chi connectivity index (χ3n) is 3.66. The summed E-state index contributed by atoms with van der Waals surface area (Å²) >= 11 is 1.05. The minimum absolute atomic E-state index is 0.0283. The zero-order valence-electron chi connectivity index (χ0n) is 15.0. The maximum atomic E-state index is 12.6. The van der Waals surface area contributed by atoms with Crippen molar-refractivity contribution in [2.24, 2.45) is 0 Å². The quantitative estimate of drug-likeness (QED) is 0.560. The van der Waals surface area contributed by atoms with Crippen LogP contribution in [-0.4, -0.2) is 27.0 Å². The molecule has 3 rings (SSSR count). The van der Waals surface area contributed by atoms with E-state index in [9.17, 15) is 30.0 Å². The summed E-state index contributed by atoms with van der Waals surface area (Å²) < 4.78 is 91.6. The molecule has 0 aliphatic heterocycles. The molecule has 0 spiro atoms. The van der Waals surface area contributed by atoms with Crippen molar-refractivity contribution in [2.45, 2.75) is 22.9 Å². The number of benzene rings is 2. The summed E-state index contributed by atoms with van der Waals surface area (Å²) in [5.74, 6) is 0. The zero-order valence-corrected chi connectivity index (χ0v) is 17.5. The van der Waals surface area contributed by atoms with E-state index in [0.29, 0.717) is 17.1 Å². The number of halogens is 3. The number of hydrogen-bond donors (Lipinski definition) is 2. The number of rotatable bonds is 6. The van der Waals surface area contributed by atoms with Gasteiger partial charge in [-0.1, -0.05) is 11.3 Å². The first-order valence-electron chi connectivity index (χ1n) is 8.00. The van der Waals surface area contributed by atoms with E-state index in [1.165, 1.54) is 24.3 Å². The van der Waals surface area contributed by atoms with Gasteiger partial charge in [0.25, 0.3) is 20.0 Å². The largest absolute Gasteiger partial charge is 0.416 e. The van der Waals surface area contributed by atoms with Gasteiger partial charge in [-0.2, -0.15) is 13.2 Å². The first kappa shape index (κ1) is 22.0. The highest BCUT2D eigenvalue weighted by Gasteiger charge is 2.30. The SMILES string of the molecule is Cc1nnc(NS(=O)(=O)c2ccc(NS(=O)(=O)c3ccc(C(F)(F)F)cc3)cc2)s1. The lowest BCUT2D eigenvalue weighted by Crippen LogP contribution is -2.15. The van der Waals surface area contributed by atoms with Crippen LogP contribution < -0.4 is 9.44 Å². The lowest BCUT2D eigenvalue weighted by Gasteiger charge is -2.11. The third kappa shape index (κ3) is 5.06. The highest BCUT2D eigenvalue weighted by molar-refractivity contribution is 7.93. The van der Waals surface area contributed by atoms with Crippen LogP contribution in [0.15, 0.2) is 58.3 Å². The van der Waals surface area contributed by atoms with Crippen molar-refractivity contribution >= 4 is 42.2 Å². The van der Waals surface area contributed by atoms with E-state index in [1.54, 1.807) is 6.92 Å². The van der Waals surface area contributed by atoms with E-state index in [2.05, 4.69) is 19.6 Å². The number of aromatic nitrogens is 2.